The first kappa shape index (κ1) is 20.0. The molecule has 1 heterocycles. The summed E-state index contributed by atoms with van der Waals surface area (Å²) in [6.07, 6.45) is 0. The van der Waals surface area contributed by atoms with Gasteiger partial charge in [0.15, 0.2) is 0 Å². The van der Waals surface area contributed by atoms with E-state index < -0.39 is 24.2 Å². The van der Waals surface area contributed by atoms with E-state index in [1.165, 1.54) is 0 Å². The maximum atomic E-state index is 9.50. The topological polar surface area (TPSA) is 13.1 Å². The summed E-state index contributed by atoms with van der Waals surface area (Å²) in [6.45, 7) is 0. The third-order valence-electron chi connectivity index (χ3n) is 10.1. The van der Waals surface area contributed by atoms with Gasteiger partial charge in [0.25, 0.3) is 0 Å². The number of furan rings is 1. The Morgan fingerprint density at radius 3 is 1.69 bits per heavy atom. The van der Waals surface area contributed by atoms with Gasteiger partial charge >= 0.3 is 0 Å². The van der Waals surface area contributed by atoms with E-state index in [9.17, 15) is 5.48 Å². The first-order valence-corrected chi connectivity index (χ1v) is 16.3. The molecule has 11 aromatic rings. The van der Waals surface area contributed by atoms with Crippen molar-refractivity contribution < 1.29 is 15.4 Å². The second-order valence-electron chi connectivity index (χ2n) is 12.5. The van der Waals surface area contributed by atoms with Crippen molar-refractivity contribution in [2.24, 2.45) is 0 Å². The van der Waals surface area contributed by atoms with E-state index in [1.54, 1.807) is 0 Å². The molecule has 0 fully saturated rings. The Morgan fingerprint density at radius 2 is 0.959 bits per heavy atom. The first-order valence-electron chi connectivity index (χ1n) is 20.3. The molecule has 10 aromatic carbocycles. The van der Waals surface area contributed by atoms with Gasteiger partial charge < -0.3 is 4.42 Å². The standard InChI is InChI=1S/C48H28O/c1-2-13-31-29(12-1)24-26-35-32(31)22-11-23-36(35)46-40-19-8-6-17-38(40)45(39-18-7-9-20-41(39)46)30-25-27-44-43(28-30)47-37-16-5-3-14-33(37)34-15-4-10-21-42(34)48(47)49-44/h1-28H/i6D,7D,8D,9D,17D,18D,19D,20D. The number of rotatable bonds is 2. The summed E-state index contributed by atoms with van der Waals surface area (Å²) in [5.41, 5.74) is 3.10. The van der Waals surface area contributed by atoms with Gasteiger partial charge in [0.1, 0.15) is 11.2 Å². The van der Waals surface area contributed by atoms with Crippen molar-refractivity contribution >= 4 is 86.6 Å². The molecule has 0 radical (unpaired) electrons. The second kappa shape index (κ2) is 10.0. The number of benzene rings is 10. The third kappa shape index (κ3) is 3.70. The Morgan fingerprint density at radius 1 is 0.388 bits per heavy atom. The molecule has 0 aliphatic heterocycles. The highest BCUT2D eigenvalue weighted by Crippen LogP contribution is 2.47. The molecule has 1 heteroatoms. The Hall–Kier alpha value is -6.44. The van der Waals surface area contributed by atoms with E-state index in [-0.39, 0.29) is 45.7 Å². The molecule has 0 amide bonds. The Kier molecular flexibility index (Phi) is 4.10. The molecule has 1 aromatic heterocycles. The van der Waals surface area contributed by atoms with Crippen LogP contribution in [0.4, 0.5) is 0 Å². The van der Waals surface area contributed by atoms with Crippen molar-refractivity contribution in [3.8, 4) is 22.3 Å². The molecular weight excluding hydrogens is 593 g/mol. The second-order valence-corrected chi connectivity index (χ2v) is 12.5. The van der Waals surface area contributed by atoms with E-state index in [0.717, 1.165) is 53.9 Å². The summed E-state index contributed by atoms with van der Waals surface area (Å²) >= 11 is 0. The highest BCUT2D eigenvalue weighted by atomic mass is 16.3. The van der Waals surface area contributed by atoms with Crippen LogP contribution in [0.3, 0.4) is 0 Å². The van der Waals surface area contributed by atoms with Gasteiger partial charge in [-0.25, -0.2) is 0 Å². The van der Waals surface area contributed by atoms with E-state index in [0.29, 0.717) is 33.4 Å². The Balaban J connectivity index is 1.37. The zero-order valence-electron chi connectivity index (χ0n) is 34.0. The quantitative estimate of drug-likeness (QED) is 0.137. The van der Waals surface area contributed by atoms with E-state index in [2.05, 4.69) is 18.2 Å². The summed E-state index contributed by atoms with van der Waals surface area (Å²) in [5.74, 6) is 0. The smallest absolute Gasteiger partial charge is 0.143 e. The number of fused-ring (bicyclic) bond motifs is 13. The van der Waals surface area contributed by atoms with Crippen LogP contribution in [0.5, 0.6) is 0 Å². The average molecular weight is 629 g/mol. The van der Waals surface area contributed by atoms with Crippen molar-refractivity contribution in [2.45, 2.75) is 0 Å². The molecule has 0 aliphatic rings. The molecule has 0 atom stereocenters. The number of hydrogen-bond donors (Lipinski definition) is 0. The molecule has 0 unspecified atom stereocenters. The third-order valence-corrected chi connectivity index (χ3v) is 10.1. The molecule has 1 nitrogen and oxygen atoms in total. The monoisotopic (exact) mass is 628 g/mol. The summed E-state index contributed by atoms with van der Waals surface area (Å²) in [5, 5.41) is 10.1. The average Bonchev–Trinajstić information content (AvgIpc) is 3.64. The van der Waals surface area contributed by atoms with E-state index in [1.807, 2.05) is 103 Å². The summed E-state index contributed by atoms with van der Waals surface area (Å²) in [4.78, 5) is 0. The summed E-state index contributed by atoms with van der Waals surface area (Å²) < 4.78 is 80.3. The van der Waals surface area contributed by atoms with Gasteiger partial charge in [0.05, 0.1) is 11.0 Å². The molecule has 0 bridgehead atoms. The molecular formula is C48H28O. The highest BCUT2D eigenvalue weighted by Gasteiger charge is 2.20. The fourth-order valence-electron chi connectivity index (χ4n) is 8.00. The zero-order chi connectivity index (χ0) is 39.0. The highest BCUT2D eigenvalue weighted by molar-refractivity contribution is 6.31. The molecule has 11 rings (SSSR count). The number of hydrogen-bond acceptors (Lipinski definition) is 1. The molecule has 226 valence electrons. The van der Waals surface area contributed by atoms with Crippen molar-refractivity contribution in [1.82, 2.24) is 0 Å². The lowest BCUT2D eigenvalue weighted by molar-refractivity contribution is 0.673. The lowest BCUT2D eigenvalue weighted by atomic mass is 9.84. The fourth-order valence-corrected chi connectivity index (χ4v) is 8.00. The minimum atomic E-state index is -0.434. The minimum absolute atomic E-state index is 0.175. The van der Waals surface area contributed by atoms with Crippen LogP contribution < -0.4 is 0 Å². The van der Waals surface area contributed by atoms with Crippen LogP contribution >= 0.6 is 0 Å². The lowest BCUT2D eigenvalue weighted by Crippen LogP contribution is -1.92. The SMILES string of the molecule is [2H]c1c([2H])c([2H])c2c(-c3cccc4c3ccc3ccccc34)c3c([2H])c([2H])c([2H])c([2H])c3c(-c3ccc4oc5c6ccccc6c6ccccc6c5c4c3)c2c1[2H]. The van der Waals surface area contributed by atoms with Gasteiger partial charge in [0.2, 0.25) is 0 Å². The lowest BCUT2D eigenvalue weighted by Gasteiger charge is -2.19. The molecule has 0 N–H and O–H groups in total. The van der Waals surface area contributed by atoms with Crippen molar-refractivity contribution in [2.75, 3.05) is 0 Å². The van der Waals surface area contributed by atoms with Gasteiger partial charge in [0, 0.05) is 16.2 Å². The largest absolute Gasteiger partial charge is 0.455 e. The maximum Gasteiger partial charge on any atom is 0.143 e. The predicted octanol–water partition coefficient (Wildman–Crippen LogP) is 13.8. The molecule has 0 spiro atoms. The van der Waals surface area contributed by atoms with E-state index in [4.69, 9.17) is 9.90 Å². The first-order chi connectivity index (χ1) is 27.7. The van der Waals surface area contributed by atoms with Crippen LogP contribution in [-0.4, -0.2) is 0 Å². The zero-order valence-corrected chi connectivity index (χ0v) is 26.0. The minimum Gasteiger partial charge on any atom is -0.455 e. The summed E-state index contributed by atoms with van der Waals surface area (Å²) in [6, 6.07) is 36.7. The van der Waals surface area contributed by atoms with E-state index >= 15 is 0 Å². The van der Waals surface area contributed by atoms with Crippen LogP contribution in [0.1, 0.15) is 11.0 Å². The van der Waals surface area contributed by atoms with Gasteiger partial charge in [-0.1, -0.05) is 158 Å². The van der Waals surface area contributed by atoms with Gasteiger partial charge in [-0.15, -0.1) is 0 Å². The Labute approximate surface area is 293 Å². The fraction of sp³-hybridized carbons (Fsp3) is 0. The molecule has 49 heavy (non-hydrogen) atoms. The predicted molar refractivity (Wildman–Crippen MR) is 210 cm³/mol. The molecule has 0 saturated carbocycles. The van der Waals surface area contributed by atoms with Gasteiger partial charge in [-0.2, -0.15) is 0 Å². The van der Waals surface area contributed by atoms with Crippen LogP contribution in [0.15, 0.2) is 174 Å². The Bertz CT molecular complexity index is 3540. The van der Waals surface area contributed by atoms with Crippen LogP contribution in [0.25, 0.3) is 109 Å². The van der Waals surface area contributed by atoms with Crippen LogP contribution in [0.2, 0.25) is 0 Å². The summed E-state index contributed by atoms with van der Waals surface area (Å²) in [7, 11) is 0. The van der Waals surface area contributed by atoms with Gasteiger partial charge in [-0.3, -0.25) is 0 Å². The normalized spacial score (nSPS) is 14.4. The molecule has 0 aliphatic carbocycles. The van der Waals surface area contributed by atoms with Crippen molar-refractivity contribution in [3.63, 3.8) is 0 Å². The van der Waals surface area contributed by atoms with Gasteiger partial charge in [-0.05, 0) is 93.6 Å². The van der Waals surface area contributed by atoms with Crippen molar-refractivity contribution in [3.05, 3.63) is 170 Å². The maximum absolute atomic E-state index is 9.50. The van der Waals surface area contributed by atoms with Crippen LogP contribution in [-0.2, 0) is 0 Å². The molecule has 0 saturated heterocycles. The van der Waals surface area contributed by atoms with Crippen molar-refractivity contribution in [1.29, 1.82) is 0 Å². The van der Waals surface area contributed by atoms with Crippen LogP contribution in [0, 0.1) is 0 Å².